The van der Waals surface area contributed by atoms with Gasteiger partial charge in [0.15, 0.2) is 0 Å². The third kappa shape index (κ3) is 2.70. The molecule has 1 aromatic rings. The molecule has 0 fully saturated rings. The summed E-state index contributed by atoms with van der Waals surface area (Å²) >= 11 is 4.18. The lowest BCUT2D eigenvalue weighted by molar-refractivity contribution is -0.129. The highest BCUT2D eigenvalue weighted by atomic mass is 35.5. The summed E-state index contributed by atoms with van der Waals surface area (Å²) in [4.78, 5) is 11.6. The number of nitrogens with zero attached hydrogens (tertiary/aromatic N) is 2. The molecule has 1 heterocycles. The molecule has 96 valence electrons. The van der Waals surface area contributed by atoms with Gasteiger partial charge in [0.25, 0.3) is 5.91 Å². The van der Waals surface area contributed by atoms with Crippen LogP contribution in [0.4, 0.5) is 0 Å². The molecule has 0 N–H and O–H groups in total. The van der Waals surface area contributed by atoms with Crippen LogP contribution in [0.2, 0.25) is 0 Å². The van der Waals surface area contributed by atoms with Crippen molar-refractivity contribution in [1.29, 1.82) is 0 Å². The van der Waals surface area contributed by atoms with Crippen LogP contribution >= 0.6 is 11.6 Å². The van der Waals surface area contributed by atoms with Crippen molar-refractivity contribution in [3.05, 3.63) is 30.3 Å². The lowest BCUT2D eigenvalue weighted by Crippen LogP contribution is -2.45. The van der Waals surface area contributed by atoms with Crippen molar-refractivity contribution >= 4 is 34.8 Å². The molecule has 1 amide bonds. The SMILES string of the molecule is CN1N=CC(S(=O)Oc2ccccc2)C(Cl)C1=O. The van der Waals surface area contributed by atoms with Crippen LogP contribution in [0.1, 0.15) is 0 Å². The van der Waals surface area contributed by atoms with E-state index < -0.39 is 27.6 Å². The molecule has 1 aliphatic heterocycles. The molecule has 0 saturated carbocycles. The van der Waals surface area contributed by atoms with E-state index in [9.17, 15) is 9.00 Å². The van der Waals surface area contributed by atoms with Gasteiger partial charge in [-0.3, -0.25) is 4.79 Å². The quantitative estimate of drug-likeness (QED) is 0.784. The molecule has 0 saturated heterocycles. The predicted molar refractivity (Wildman–Crippen MR) is 69.9 cm³/mol. The van der Waals surface area contributed by atoms with E-state index in [0.29, 0.717) is 5.75 Å². The number of carbonyl (C=O) groups excluding carboxylic acids is 1. The molecule has 3 atom stereocenters. The van der Waals surface area contributed by atoms with E-state index in [4.69, 9.17) is 15.8 Å². The van der Waals surface area contributed by atoms with Crippen molar-refractivity contribution in [1.82, 2.24) is 5.01 Å². The number of alkyl halides is 1. The molecular weight excluding hydrogens is 276 g/mol. The summed E-state index contributed by atoms with van der Waals surface area (Å²) in [7, 11) is 1.49. The second-order valence-corrected chi connectivity index (χ2v) is 5.35. The van der Waals surface area contributed by atoms with E-state index in [2.05, 4.69) is 5.10 Å². The third-order valence-corrected chi connectivity index (χ3v) is 4.18. The Morgan fingerprint density at radius 2 is 2.06 bits per heavy atom. The molecule has 5 nitrogen and oxygen atoms in total. The second kappa shape index (κ2) is 5.49. The van der Waals surface area contributed by atoms with Gasteiger partial charge in [0.1, 0.15) is 16.4 Å². The Labute approximate surface area is 112 Å². The summed E-state index contributed by atoms with van der Waals surface area (Å²) < 4.78 is 17.2. The average molecular weight is 287 g/mol. The van der Waals surface area contributed by atoms with Gasteiger partial charge in [-0.15, -0.1) is 11.6 Å². The summed E-state index contributed by atoms with van der Waals surface area (Å²) in [6, 6.07) is 8.70. The van der Waals surface area contributed by atoms with Crippen molar-refractivity contribution in [2.45, 2.75) is 10.6 Å². The first kappa shape index (κ1) is 13.0. The van der Waals surface area contributed by atoms with E-state index in [-0.39, 0.29) is 0 Å². The molecule has 0 aromatic heterocycles. The summed E-state index contributed by atoms with van der Waals surface area (Å²) in [5.41, 5.74) is 0. The fraction of sp³-hybridized carbons (Fsp3) is 0.273. The number of carbonyl (C=O) groups is 1. The van der Waals surface area contributed by atoms with E-state index in [1.165, 1.54) is 13.3 Å². The normalized spacial score (nSPS) is 25.0. The highest BCUT2D eigenvalue weighted by Gasteiger charge is 2.36. The number of amides is 1. The number of para-hydroxylation sites is 1. The third-order valence-electron chi connectivity index (χ3n) is 2.37. The van der Waals surface area contributed by atoms with Gasteiger partial charge < -0.3 is 4.18 Å². The van der Waals surface area contributed by atoms with Gasteiger partial charge >= 0.3 is 0 Å². The molecule has 0 spiro atoms. The molecular formula is C11H11ClN2O3S. The van der Waals surface area contributed by atoms with Gasteiger partial charge in [0, 0.05) is 13.3 Å². The van der Waals surface area contributed by atoms with Gasteiger partial charge in [0.05, 0.1) is 0 Å². The van der Waals surface area contributed by atoms with Gasteiger partial charge in [0.2, 0.25) is 11.1 Å². The Hall–Kier alpha value is -1.40. The zero-order valence-electron chi connectivity index (χ0n) is 9.52. The molecule has 1 aromatic carbocycles. The van der Waals surface area contributed by atoms with E-state index in [1.807, 2.05) is 6.07 Å². The second-order valence-electron chi connectivity index (χ2n) is 3.65. The highest BCUT2D eigenvalue weighted by Crippen LogP contribution is 2.19. The average Bonchev–Trinajstić information content (AvgIpc) is 2.37. The van der Waals surface area contributed by atoms with E-state index >= 15 is 0 Å². The Bertz CT molecular complexity index is 494. The monoisotopic (exact) mass is 286 g/mol. The zero-order valence-corrected chi connectivity index (χ0v) is 11.1. The van der Waals surface area contributed by atoms with Gasteiger partial charge in [-0.05, 0) is 12.1 Å². The van der Waals surface area contributed by atoms with Gasteiger partial charge in [-0.2, -0.15) is 5.10 Å². The maximum atomic E-state index is 12.0. The lowest BCUT2D eigenvalue weighted by Gasteiger charge is -2.24. The summed E-state index contributed by atoms with van der Waals surface area (Å²) in [5, 5.41) is 3.24. The van der Waals surface area contributed by atoms with Crippen LogP contribution in [0, 0.1) is 0 Å². The maximum Gasteiger partial charge on any atom is 0.262 e. The first-order chi connectivity index (χ1) is 8.59. The van der Waals surface area contributed by atoms with Crippen molar-refractivity contribution in [2.24, 2.45) is 5.10 Å². The number of halogens is 1. The van der Waals surface area contributed by atoms with Gasteiger partial charge in [-0.25, -0.2) is 9.22 Å². The zero-order chi connectivity index (χ0) is 13.1. The summed E-state index contributed by atoms with van der Waals surface area (Å²) in [6.07, 6.45) is 1.37. The Kier molecular flexibility index (Phi) is 3.98. The summed E-state index contributed by atoms with van der Waals surface area (Å²) in [6.45, 7) is 0. The molecule has 18 heavy (non-hydrogen) atoms. The molecule has 0 aliphatic carbocycles. The predicted octanol–water partition coefficient (Wildman–Crippen LogP) is 1.16. The fourth-order valence-electron chi connectivity index (χ4n) is 1.39. The van der Waals surface area contributed by atoms with Crippen LogP contribution in [-0.2, 0) is 15.9 Å². The smallest absolute Gasteiger partial charge is 0.262 e. The first-order valence-corrected chi connectivity index (χ1v) is 6.77. The Balaban J connectivity index is 2.10. The van der Waals surface area contributed by atoms with Crippen LogP contribution in [0.5, 0.6) is 5.75 Å². The minimum absolute atomic E-state index is 0.394. The lowest BCUT2D eigenvalue weighted by atomic mass is 10.3. The summed E-state index contributed by atoms with van der Waals surface area (Å²) in [5.74, 6) is 0.0636. The first-order valence-electron chi connectivity index (χ1n) is 5.19. The van der Waals surface area contributed by atoms with Crippen molar-refractivity contribution < 1.29 is 13.2 Å². The molecule has 0 bridgehead atoms. The minimum atomic E-state index is -1.75. The Morgan fingerprint density at radius 1 is 1.39 bits per heavy atom. The number of rotatable bonds is 3. The highest BCUT2D eigenvalue weighted by molar-refractivity contribution is 7.82. The van der Waals surface area contributed by atoms with Crippen LogP contribution in [0.3, 0.4) is 0 Å². The van der Waals surface area contributed by atoms with Crippen molar-refractivity contribution in [2.75, 3.05) is 7.05 Å². The van der Waals surface area contributed by atoms with Crippen LogP contribution in [0.15, 0.2) is 35.4 Å². The molecule has 7 heteroatoms. The van der Waals surface area contributed by atoms with E-state index in [0.717, 1.165) is 5.01 Å². The minimum Gasteiger partial charge on any atom is -0.400 e. The maximum absolute atomic E-state index is 12.0. The molecule has 1 aliphatic rings. The number of benzene rings is 1. The van der Waals surface area contributed by atoms with Crippen molar-refractivity contribution in [3.8, 4) is 5.75 Å². The molecule has 2 rings (SSSR count). The number of hydrazone groups is 1. The van der Waals surface area contributed by atoms with E-state index in [1.54, 1.807) is 24.3 Å². The van der Waals surface area contributed by atoms with Crippen molar-refractivity contribution in [3.63, 3.8) is 0 Å². The topological polar surface area (TPSA) is 59.0 Å². The molecule has 0 radical (unpaired) electrons. The van der Waals surface area contributed by atoms with Gasteiger partial charge in [-0.1, -0.05) is 18.2 Å². The van der Waals surface area contributed by atoms with Crippen LogP contribution < -0.4 is 4.18 Å². The standard InChI is InChI=1S/C11H11ClN2O3S/c1-14-11(15)10(12)9(7-13-14)18(16)17-8-5-3-2-4-6-8/h2-7,9-10H,1H3. The van der Waals surface area contributed by atoms with Crippen LogP contribution in [-0.4, -0.2) is 39.0 Å². The fourth-order valence-corrected chi connectivity index (χ4v) is 2.73. The Morgan fingerprint density at radius 3 is 2.72 bits per heavy atom. The number of hydrogen-bond donors (Lipinski definition) is 0. The largest absolute Gasteiger partial charge is 0.400 e. The van der Waals surface area contributed by atoms with Crippen LogP contribution in [0.25, 0.3) is 0 Å². The number of hydrogen-bond acceptors (Lipinski definition) is 4. The molecule has 3 unspecified atom stereocenters.